The molecule has 2 unspecified atom stereocenters. The molecule has 3 fully saturated rings. The molecular formula is C18H20N4S2. The predicted molar refractivity (Wildman–Crippen MR) is 94.0 cm³/mol. The zero-order chi connectivity index (χ0) is 16.5. The molecule has 4 heterocycles. The quantitative estimate of drug-likeness (QED) is 0.782. The van der Waals surface area contributed by atoms with E-state index in [0.29, 0.717) is 23.7 Å². The van der Waals surface area contributed by atoms with Crippen molar-refractivity contribution in [1.29, 1.82) is 0 Å². The van der Waals surface area contributed by atoms with Gasteiger partial charge < -0.3 is 0 Å². The lowest BCUT2D eigenvalue weighted by Gasteiger charge is -2.43. The summed E-state index contributed by atoms with van der Waals surface area (Å²) >= 11 is 3.52. The predicted octanol–water partition coefficient (Wildman–Crippen LogP) is 4.71. The van der Waals surface area contributed by atoms with E-state index in [1.807, 2.05) is 12.4 Å². The lowest BCUT2D eigenvalue weighted by molar-refractivity contribution is 0.109. The first kappa shape index (κ1) is 14.1. The highest BCUT2D eigenvalue weighted by molar-refractivity contribution is 7.10. The molecule has 0 aromatic carbocycles. The van der Waals surface area contributed by atoms with Crippen LogP contribution in [0.25, 0.3) is 0 Å². The molecule has 3 saturated carbocycles. The second-order valence-electron chi connectivity index (χ2n) is 9.08. The van der Waals surface area contributed by atoms with Crippen LogP contribution in [0, 0.1) is 34.5 Å². The number of aromatic nitrogens is 2. The molecule has 5 aliphatic rings. The van der Waals surface area contributed by atoms with Gasteiger partial charge in [-0.05, 0) is 10.8 Å². The molecule has 6 heteroatoms. The molecule has 7 rings (SSSR count). The van der Waals surface area contributed by atoms with Gasteiger partial charge in [0.15, 0.2) is 0 Å². The van der Waals surface area contributed by atoms with E-state index in [9.17, 15) is 0 Å². The van der Waals surface area contributed by atoms with Crippen LogP contribution < -0.4 is 0 Å². The van der Waals surface area contributed by atoms with Crippen molar-refractivity contribution < 1.29 is 0 Å². The van der Waals surface area contributed by atoms with E-state index in [-0.39, 0.29) is 21.9 Å². The summed E-state index contributed by atoms with van der Waals surface area (Å²) in [5.74, 6) is 2.11. The van der Waals surface area contributed by atoms with E-state index >= 15 is 0 Å². The van der Waals surface area contributed by atoms with Gasteiger partial charge in [-0.25, -0.2) is 9.97 Å². The lowest BCUT2D eigenvalue weighted by atomic mass is 9.72. The fourth-order valence-electron chi connectivity index (χ4n) is 6.82. The maximum absolute atomic E-state index is 5.08. The highest BCUT2D eigenvalue weighted by Gasteiger charge is 2.93. The van der Waals surface area contributed by atoms with Gasteiger partial charge in [0.1, 0.15) is 21.1 Å². The number of hydrogen-bond acceptors (Lipinski definition) is 6. The average Bonchev–Trinajstić information content (AvgIpc) is 3.15. The van der Waals surface area contributed by atoms with E-state index < -0.39 is 0 Å². The first-order valence-corrected chi connectivity index (χ1v) is 10.4. The summed E-state index contributed by atoms with van der Waals surface area (Å²) in [5.41, 5.74) is 0.0830. The smallest absolute Gasteiger partial charge is 0.140 e. The van der Waals surface area contributed by atoms with Crippen LogP contribution in [0.15, 0.2) is 33.4 Å². The molecular weight excluding hydrogens is 336 g/mol. The van der Waals surface area contributed by atoms with Gasteiger partial charge in [0.25, 0.3) is 0 Å². The van der Waals surface area contributed by atoms with Crippen molar-refractivity contribution in [3.63, 3.8) is 0 Å². The second-order valence-corrected chi connectivity index (χ2v) is 10.9. The van der Waals surface area contributed by atoms with Crippen molar-refractivity contribution in [1.82, 2.24) is 9.97 Å². The molecule has 3 aliphatic carbocycles. The van der Waals surface area contributed by atoms with Gasteiger partial charge in [0.05, 0.1) is 0 Å². The van der Waals surface area contributed by atoms with Gasteiger partial charge in [-0.15, -0.1) is 22.7 Å². The average molecular weight is 357 g/mol. The van der Waals surface area contributed by atoms with E-state index in [0.717, 1.165) is 0 Å². The highest BCUT2D eigenvalue weighted by Crippen LogP contribution is 2.91. The molecule has 0 N–H and O–H groups in total. The highest BCUT2D eigenvalue weighted by atomic mass is 32.1. The minimum absolute atomic E-state index is 0.199. The van der Waals surface area contributed by atoms with E-state index in [4.69, 9.17) is 20.2 Å². The molecule has 6 atom stereocenters. The summed E-state index contributed by atoms with van der Waals surface area (Å²) in [6.45, 7) is 9.62. The van der Waals surface area contributed by atoms with E-state index in [2.05, 4.69) is 38.5 Å². The van der Waals surface area contributed by atoms with Gasteiger partial charge in [-0.2, -0.15) is 10.2 Å². The van der Waals surface area contributed by atoms with Gasteiger partial charge in [-0.1, -0.05) is 27.7 Å². The minimum atomic E-state index is -0.199. The third kappa shape index (κ3) is 1.17. The molecule has 2 aliphatic heterocycles. The Hall–Kier alpha value is -1.14. The van der Waals surface area contributed by atoms with Crippen LogP contribution in [0.2, 0.25) is 0 Å². The normalized spacial score (nSPS) is 48.0. The lowest BCUT2D eigenvalue weighted by Crippen LogP contribution is -2.47. The fourth-order valence-corrected chi connectivity index (χ4v) is 8.53. The Labute approximate surface area is 149 Å². The maximum Gasteiger partial charge on any atom is 0.140 e. The van der Waals surface area contributed by atoms with Gasteiger partial charge in [0, 0.05) is 46.8 Å². The van der Waals surface area contributed by atoms with Crippen LogP contribution in [0.4, 0.5) is 0 Å². The van der Waals surface area contributed by atoms with Gasteiger partial charge in [0.2, 0.25) is 0 Å². The second kappa shape index (κ2) is 3.68. The summed E-state index contributed by atoms with van der Waals surface area (Å²) in [7, 11) is 0. The maximum atomic E-state index is 5.08. The van der Waals surface area contributed by atoms with Crippen LogP contribution in [-0.2, 0) is 11.1 Å². The van der Waals surface area contributed by atoms with Crippen molar-refractivity contribution in [2.45, 2.75) is 38.8 Å². The third-order valence-electron chi connectivity index (χ3n) is 7.48. The number of nitrogens with zero attached hydrogens (tertiary/aromatic N) is 4. The Morgan fingerprint density at radius 2 is 1.08 bits per heavy atom. The molecule has 124 valence electrons. The van der Waals surface area contributed by atoms with Crippen LogP contribution in [-0.4, -0.2) is 9.97 Å². The van der Waals surface area contributed by atoms with Crippen LogP contribution >= 0.6 is 22.7 Å². The number of azo groups is 1. The molecule has 0 amide bonds. The molecule has 0 saturated heterocycles. The first-order valence-electron chi connectivity index (χ1n) is 8.63. The van der Waals surface area contributed by atoms with E-state index in [1.54, 1.807) is 22.7 Å². The monoisotopic (exact) mass is 356 g/mol. The summed E-state index contributed by atoms with van der Waals surface area (Å²) in [6, 6.07) is 0. The number of hydrogen-bond donors (Lipinski definition) is 0. The standard InChI is InChI=1S/C18H20N4S2/c1-15(2)9-10(15)18(14-20-6-8-24-14)12-11(16(12,3)4)17(9,21-22-18)13-19-5-7-23-13/h5-12H,1-4H3/t9-,10+,11+,12-,17?,18?. The van der Waals surface area contributed by atoms with Crippen molar-refractivity contribution in [2.75, 3.05) is 0 Å². The zero-order valence-electron chi connectivity index (χ0n) is 14.2. The minimum Gasteiger partial charge on any atom is -0.247 e. The Morgan fingerprint density at radius 3 is 1.38 bits per heavy atom. The zero-order valence-corrected chi connectivity index (χ0v) is 15.9. The third-order valence-corrected chi connectivity index (χ3v) is 9.31. The van der Waals surface area contributed by atoms with Crippen molar-refractivity contribution in [3.8, 4) is 0 Å². The fraction of sp³-hybridized carbons (Fsp3) is 0.667. The molecule has 2 bridgehead atoms. The molecule has 2 aromatic heterocycles. The van der Waals surface area contributed by atoms with Crippen molar-refractivity contribution >= 4 is 22.7 Å². The van der Waals surface area contributed by atoms with Gasteiger partial charge in [-0.3, -0.25) is 0 Å². The van der Waals surface area contributed by atoms with Gasteiger partial charge >= 0.3 is 0 Å². The summed E-state index contributed by atoms with van der Waals surface area (Å²) in [6.07, 6.45) is 3.85. The number of thiazole rings is 2. The summed E-state index contributed by atoms with van der Waals surface area (Å²) in [4.78, 5) is 9.46. The summed E-state index contributed by atoms with van der Waals surface area (Å²) in [5, 5.41) is 16.7. The molecule has 2 aromatic rings. The van der Waals surface area contributed by atoms with Crippen molar-refractivity contribution in [2.24, 2.45) is 44.7 Å². The molecule has 0 radical (unpaired) electrons. The Kier molecular flexibility index (Phi) is 2.16. The van der Waals surface area contributed by atoms with Crippen LogP contribution in [0.5, 0.6) is 0 Å². The molecule has 0 spiro atoms. The Balaban J connectivity index is 1.67. The SMILES string of the molecule is CC1(C)[C@H]2[C@@H]1C1(c3nccs3)N=NC2(c2nccs2)[C@H]2[C@@H]1C2(C)C. The number of rotatable bonds is 2. The largest absolute Gasteiger partial charge is 0.247 e. The van der Waals surface area contributed by atoms with Crippen LogP contribution in [0.3, 0.4) is 0 Å². The summed E-state index contributed by atoms with van der Waals surface area (Å²) < 4.78 is 0. The Morgan fingerprint density at radius 1 is 0.708 bits per heavy atom. The van der Waals surface area contributed by atoms with Crippen LogP contribution in [0.1, 0.15) is 37.7 Å². The van der Waals surface area contributed by atoms with Crippen molar-refractivity contribution in [3.05, 3.63) is 33.2 Å². The molecule has 24 heavy (non-hydrogen) atoms. The Bertz CT molecular complexity index is 769. The van der Waals surface area contributed by atoms with E-state index in [1.165, 1.54) is 10.0 Å². The topological polar surface area (TPSA) is 50.5 Å². The first-order chi connectivity index (χ1) is 11.4. The molecule has 4 nitrogen and oxygen atoms in total.